The highest BCUT2D eigenvalue weighted by atomic mass is 19.4. The minimum absolute atomic E-state index is 0.254. The van der Waals surface area contributed by atoms with Crippen LogP contribution in [0.2, 0.25) is 0 Å². The van der Waals surface area contributed by atoms with Crippen molar-refractivity contribution in [2.45, 2.75) is 31.8 Å². The van der Waals surface area contributed by atoms with Crippen LogP contribution in [0.1, 0.15) is 18.4 Å². The van der Waals surface area contributed by atoms with E-state index in [0.29, 0.717) is 0 Å². The number of ether oxygens (including phenoxy) is 1. The van der Waals surface area contributed by atoms with Crippen molar-refractivity contribution in [1.82, 2.24) is 0 Å². The van der Waals surface area contributed by atoms with Crippen LogP contribution in [0.4, 0.5) is 26.3 Å². The summed E-state index contributed by atoms with van der Waals surface area (Å²) in [5, 5.41) is 18.1. The van der Waals surface area contributed by atoms with Gasteiger partial charge in [0.2, 0.25) is 0 Å². The molecule has 3 nitrogen and oxygen atoms in total. The number of hydrogen-bond donors (Lipinski definition) is 0. The van der Waals surface area contributed by atoms with Gasteiger partial charge in [0.1, 0.15) is 11.2 Å². The minimum atomic E-state index is -4.86. The number of halogens is 6. The Hall–Kier alpha value is -2.42. The van der Waals surface area contributed by atoms with Gasteiger partial charge < -0.3 is 4.74 Å². The molecule has 0 aromatic heterocycles. The third kappa shape index (κ3) is 6.47. The lowest BCUT2D eigenvalue weighted by Crippen LogP contribution is -2.23. The van der Waals surface area contributed by atoms with Crippen LogP contribution in [-0.2, 0) is 6.42 Å². The maximum atomic E-state index is 12.3. The summed E-state index contributed by atoms with van der Waals surface area (Å²) in [6.07, 6.45) is -11.7. The molecule has 0 aliphatic carbocycles. The molecule has 0 heterocycles. The first-order valence-electron chi connectivity index (χ1n) is 6.22. The molecule has 0 saturated heterocycles. The Balaban J connectivity index is 2.86. The Morgan fingerprint density at radius 1 is 0.870 bits per heavy atom. The van der Waals surface area contributed by atoms with Crippen LogP contribution in [0.5, 0.6) is 5.75 Å². The Morgan fingerprint density at radius 2 is 1.39 bits per heavy atom. The van der Waals surface area contributed by atoms with E-state index in [1.807, 2.05) is 0 Å². The van der Waals surface area contributed by atoms with Crippen molar-refractivity contribution in [2.75, 3.05) is 0 Å². The molecule has 0 amide bonds. The topological polar surface area (TPSA) is 56.8 Å². The average molecular weight is 336 g/mol. The predicted molar refractivity (Wildman–Crippen MR) is 65.8 cm³/mol. The Kier molecular flexibility index (Phi) is 5.49. The molecule has 1 rings (SSSR count). The lowest BCUT2D eigenvalue weighted by molar-refractivity contribution is -0.274. The van der Waals surface area contributed by atoms with Gasteiger partial charge in [0.25, 0.3) is 0 Å². The second-order valence-electron chi connectivity index (χ2n) is 4.79. The van der Waals surface area contributed by atoms with Gasteiger partial charge in [0.05, 0.1) is 12.1 Å². The molecule has 124 valence electrons. The fourth-order valence-corrected chi connectivity index (χ4v) is 1.82. The molecule has 23 heavy (non-hydrogen) atoms. The van der Waals surface area contributed by atoms with Crippen LogP contribution in [0.3, 0.4) is 0 Å². The van der Waals surface area contributed by atoms with E-state index in [4.69, 9.17) is 10.5 Å². The van der Waals surface area contributed by atoms with Gasteiger partial charge in [-0.05, 0) is 24.1 Å². The largest absolute Gasteiger partial charge is 0.573 e. The third-order valence-electron chi connectivity index (χ3n) is 2.93. The first-order chi connectivity index (χ1) is 10.5. The van der Waals surface area contributed by atoms with Crippen molar-refractivity contribution >= 4 is 0 Å². The van der Waals surface area contributed by atoms with Crippen molar-refractivity contribution in [3.05, 3.63) is 29.8 Å². The van der Waals surface area contributed by atoms with Gasteiger partial charge in [0, 0.05) is 12.8 Å². The molecule has 0 spiro atoms. The summed E-state index contributed by atoms with van der Waals surface area (Å²) >= 11 is 0. The van der Waals surface area contributed by atoms with E-state index in [9.17, 15) is 26.3 Å². The van der Waals surface area contributed by atoms with E-state index >= 15 is 0 Å². The van der Waals surface area contributed by atoms with E-state index in [0.717, 1.165) is 24.3 Å². The molecule has 0 N–H and O–H groups in total. The molecule has 0 atom stereocenters. The molecule has 0 fully saturated rings. The summed E-state index contributed by atoms with van der Waals surface area (Å²) in [4.78, 5) is 0. The third-order valence-corrected chi connectivity index (χ3v) is 2.93. The number of hydrogen-bond acceptors (Lipinski definition) is 3. The van der Waals surface area contributed by atoms with Gasteiger partial charge in [-0.2, -0.15) is 23.7 Å². The van der Waals surface area contributed by atoms with Crippen molar-refractivity contribution in [3.63, 3.8) is 0 Å². The monoisotopic (exact) mass is 336 g/mol. The van der Waals surface area contributed by atoms with Crippen LogP contribution >= 0.6 is 0 Å². The fourth-order valence-electron chi connectivity index (χ4n) is 1.82. The van der Waals surface area contributed by atoms with Crippen LogP contribution < -0.4 is 4.74 Å². The van der Waals surface area contributed by atoms with Gasteiger partial charge >= 0.3 is 12.5 Å². The molecule has 0 radical (unpaired) electrons. The molecule has 0 bridgehead atoms. The summed E-state index contributed by atoms with van der Waals surface area (Å²) in [6.45, 7) is 0. The molecular formula is C14H10F6N2O. The summed E-state index contributed by atoms with van der Waals surface area (Å²) in [5.74, 6) is -0.504. The molecule has 1 aromatic carbocycles. The molecule has 0 saturated carbocycles. The lowest BCUT2D eigenvalue weighted by atomic mass is 9.80. The van der Waals surface area contributed by atoms with Crippen LogP contribution in [0.25, 0.3) is 0 Å². The van der Waals surface area contributed by atoms with Gasteiger partial charge in [-0.1, -0.05) is 12.1 Å². The van der Waals surface area contributed by atoms with Crippen molar-refractivity contribution in [1.29, 1.82) is 10.5 Å². The Bertz CT molecular complexity index is 593. The number of nitriles is 2. The summed E-state index contributed by atoms with van der Waals surface area (Å²) < 4.78 is 76.5. The molecule has 0 aliphatic heterocycles. The zero-order valence-electron chi connectivity index (χ0n) is 11.5. The second-order valence-corrected chi connectivity index (χ2v) is 4.79. The van der Waals surface area contributed by atoms with E-state index in [1.54, 1.807) is 12.1 Å². The Morgan fingerprint density at radius 3 is 1.78 bits per heavy atom. The second kappa shape index (κ2) is 6.78. The maximum Gasteiger partial charge on any atom is 0.573 e. The van der Waals surface area contributed by atoms with Crippen LogP contribution in [0, 0.1) is 28.1 Å². The van der Waals surface area contributed by atoms with Crippen molar-refractivity contribution in [2.24, 2.45) is 5.41 Å². The lowest BCUT2D eigenvalue weighted by Gasteiger charge is -2.19. The average Bonchev–Trinajstić information content (AvgIpc) is 2.43. The highest BCUT2D eigenvalue weighted by Gasteiger charge is 2.37. The van der Waals surface area contributed by atoms with Gasteiger partial charge in [0.15, 0.2) is 0 Å². The molecule has 1 aromatic rings. The zero-order valence-corrected chi connectivity index (χ0v) is 11.5. The molecular weight excluding hydrogens is 326 g/mol. The van der Waals surface area contributed by atoms with Gasteiger partial charge in [-0.25, -0.2) is 0 Å². The minimum Gasteiger partial charge on any atom is -0.406 e. The van der Waals surface area contributed by atoms with Crippen molar-refractivity contribution < 1.29 is 31.1 Å². The van der Waals surface area contributed by atoms with Gasteiger partial charge in [-0.3, -0.25) is 0 Å². The number of alkyl halides is 6. The predicted octanol–water partition coefficient (Wildman–Crippen LogP) is 4.50. The SMILES string of the molecule is N#CC(C#N)(CCC(F)(F)F)Cc1ccc(OC(F)(F)F)cc1. The standard InChI is InChI=1S/C14H10F6N2O/c15-13(16,17)6-5-12(8-21,9-22)7-10-1-3-11(4-2-10)23-14(18,19)20/h1-4H,5-7H2. The smallest absolute Gasteiger partial charge is 0.406 e. The quantitative estimate of drug-likeness (QED) is 0.744. The zero-order chi connectivity index (χ0) is 17.7. The van der Waals surface area contributed by atoms with Crippen LogP contribution in [0.15, 0.2) is 24.3 Å². The van der Waals surface area contributed by atoms with E-state index in [1.165, 1.54) is 0 Å². The number of rotatable bonds is 5. The number of benzene rings is 1. The Labute approximate surface area is 127 Å². The molecule has 0 unspecified atom stereocenters. The van der Waals surface area contributed by atoms with E-state index in [2.05, 4.69) is 4.74 Å². The number of nitrogens with zero attached hydrogens (tertiary/aromatic N) is 2. The highest BCUT2D eigenvalue weighted by molar-refractivity contribution is 5.30. The summed E-state index contributed by atoms with van der Waals surface area (Å²) in [7, 11) is 0. The van der Waals surface area contributed by atoms with E-state index < -0.39 is 36.5 Å². The van der Waals surface area contributed by atoms with E-state index in [-0.39, 0.29) is 12.0 Å². The summed E-state index contributed by atoms with van der Waals surface area (Å²) in [6, 6.07) is 7.39. The normalized spacial score (nSPS) is 12.3. The van der Waals surface area contributed by atoms with Gasteiger partial charge in [-0.15, -0.1) is 13.2 Å². The summed E-state index contributed by atoms with van der Waals surface area (Å²) in [5.41, 5.74) is -1.65. The highest BCUT2D eigenvalue weighted by Crippen LogP contribution is 2.33. The molecule has 0 aliphatic rings. The van der Waals surface area contributed by atoms with Crippen LogP contribution in [-0.4, -0.2) is 12.5 Å². The fraction of sp³-hybridized carbons (Fsp3) is 0.429. The van der Waals surface area contributed by atoms with Crippen molar-refractivity contribution in [3.8, 4) is 17.9 Å². The maximum absolute atomic E-state index is 12.3. The first-order valence-corrected chi connectivity index (χ1v) is 6.22. The molecule has 9 heteroatoms. The first kappa shape index (κ1) is 18.6.